The number of hydrogen-bond donors (Lipinski definition) is 1. The van der Waals surface area contributed by atoms with E-state index in [1.165, 1.54) is 6.07 Å². The first-order valence-corrected chi connectivity index (χ1v) is 8.54. The summed E-state index contributed by atoms with van der Waals surface area (Å²) in [5.41, 5.74) is 7.63. The first-order valence-electron chi connectivity index (χ1n) is 8.54. The second-order valence-electron chi connectivity index (χ2n) is 6.50. The highest BCUT2D eigenvalue weighted by Crippen LogP contribution is 2.47. The minimum absolute atomic E-state index is 0.0848. The Kier molecular flexibility index (Phi) is 4.38. The van der Waals surface area contributed by atoms with E-state index in [1.54, 1.807) is 36.7 Å². The minimum atomic E-state index is -0.451. The van der Waals surface area contributed by atoms with Crippen LogP contribution in [-0.2, 0) is 0 Å². The molecule has 2 aromatic heterocycles. The van der Waals surface area contributed by atoms with Gasteiger partial charge in [-0.1, -0.05) is 12.1 Å². The van der Waals surface area contributed by atoms with Gasteiger partial charge < -0.3 is 10.5 Å². The highest BCUT2D eigenvalue weighted by atomic mass is 19.1. The summed E-state index contributed by atoms with van der Waals surface area (Å²) in [6.45, 7) is 0. The van der Waals surface area contributed by atoms with Crippen LogP contribution < -0.4 is 10.5 Å². The van der Waals surface area contributed by atoms with Crippen LogP contribution in [0.4, 0.5) is 10.2 Å². The molecule has 0 radical (unpaired) electrons. The first-order chi connectivity index (χ1) is 13.1. The van der Waals surface area contributed by atoms with E-state index in [0.29, 0.717) is 11.7 Å². The quantitative estimate of drug-likeness (QED) is 0.756. The van der Waals surface area contributed by atoms with Gasteiger partial charge in [-0.2, -0.15) is 5.26 Å². The first kappa shape index (κ1) is 16.9. The van der Waals surface area contributed by atoms with Crippen LogP contribution in [0.5, 0.6) is 11.6 Å². The molecule has 0 saturated heterocycles. The lowest BCUT2D eigenvalue weighted by atomic mass is 9.70. The molecule has 0 unspecified atom stereocenters. The van der Waals surface area contributed by atoms with Crippen molar-refractivity contribution in [1.29, 1.82) is 5.26 Å². The van der Waals surface area contributed by atoms with Crippen LogP contribution in [0.3, 0.4) is 0 Å². The van der Waals surface area contributed by atoms with Gasteiger partial charge in [0.05, 0.1) is 18.1 Å². The molecule has 0 atom stereocenters. The lowest BCUT2D eigenvalue weighted by Crippen LogP contribution is -2.21. The summed E-state index contributed by atoms with van der Waals surface area (Å²) in [4.78, 5) is 12.4. The molecule has 1 fully saturated rings. The molecular formula is C20H16FN5O. The predicted molar refractivity (Wildman–Crippen MR) is 96.6 cm³/mol. The number of ether oxygens (including phenoxy) is 1. The van der Waals surface area contributed by atoms with Gasteiger partial charge in [0.1, 0.15) is 17.6 Å². The molecular weight excluding hydrogens is 345 g/mol. The average Bonchev–Trinajstić information content (AvgIpc) is 2.64. The van der Waals surface area contributed by atoms with E-state index in [9.17, 15) is 4.39 Å². The third-order valence-corrected chi connectivity index (χ3v) is 4.73. The maximum atomic E-state index is 14.4. The van der Waals surface area contributed by atoms with Gasteiger partial charge in [-0.3, -0.25) is 4.98 Å². The second kappa shape index (κ2) is 7.00. The summed E-state index contributed by atoms with van der Waals surface area (Å²) >= 11 is 0. The summed E-state index contributed by atoms with van der Waals surface area (Å²) in [5, 5.41) is 8.87. The fourth-order valence-electron chi connectivity index (χ4n) is 3.19. The molecule has 2 heterocycles. The zero-order chi connectivity index (χ0) is 18.8. The van der Waals surface area contributed by atoms with Gasteiger partial charge in [0, 0.05) is 12.0 Å². The van der Waals surface area contributed by atoms with E-state index in [1.807, 2.05) is 12.1 Å². The molecule has 27 heavy (non-hydrogen) atoms. The molecule has 1 aliphatic rings. The highest BCUT2D eigenvalue weighted by molar-refractivity contribution is 5.36. The second-order valence-corrected chi connectivity index (χ2v) is 6.50. The molecule has 4 rings (SSSR count). The Bertz CT molecular complexity index is 1010. The van der Waals surface area contributed by atoms with Gasteiger partial charge in [0.15, 0.2) is 11.6 Å². The van der Waals surface area contributed by atoms with Crippen LogP contribution in [-0.4, -0.2) is 15.0 Å². The molecule has 7 heteroatoms. The molecule has 0 spiro atoms. The molecule has 0 amide bonds. The SMILES string of the molecule is N#Cc1cccc(Oc2ccc(C3CC(c4cnc(N)cn4)C3)cc2F)n1. The van der Waals surface area contributed by atoms with Crippen molar-refractivity contribution in [2.24, 2.45) is 0 Å². The Balaban J connectivity index is 1.43. The van der Waals surface area contributed by atoms with E-state index in [2.05, 4.69) is 15.0 Å². The van der Waals surface area contributed by atoms with E-state index in [-0.39, 0.29) is 23.2 Å². The number of aromatic nitrogens is 3. The summed E-state index contributed by atoms with van der Waals surface area (Å²) < 4.78 is 19.9. The average molecular weight is 361 g/mol. The van der Waals surface area contributed by atoms with Crippen molar-refractivity contribution >= 4 is 5.82 Å². The van der Waals surface area contributed by atoms with Crippen molar-refractivity contribution in [2.75, 3.05) is 5.73 Å². The molecule has 3 aromatic rings. The van der Waals surface area contributed by atoms with Crippen molar-refractivity contribution < 1.29 is 9.13 Å². The normalized spacial score (nSPS) is 18.4. The largest absolute Gasteiger partial charge is 0.436 e. The number of nitrogens with two attached hydrogens (primary N) is 1. The highest BCUT2D eigenvalue weighted by Gasteiger charge is 2.33. The Morgan fingerprint density at radius 1 is 1.11 bits per heavy atom. The molecule has 2 N–H and O–H groups in total. The van der Waals surface area contributed by atoms with E-state index >= 15 is 0 Å². The molecule has 0 aliphatic heterocycles. The lowest BCUT2D eigenvalue weighted by Gasteiger charge is -2.35. The minimum Gasteiger partial charge on any atom is -0.436 e. The van der Waals surface area contributed by atoms with Crippen LogP contribution >= 0.6 is 0 Å². The summed E-state index contributed by atoms with van der Waals surface area (Å²) in [7, 11) is 0. The van der Waals surface area contributed by atoms with Gasteiger partial charge in [0.2, 0.25) is 5.88 Å². The molecule has 1 aromatic carbocycles. The van der Waals surface area contributed by atoms with E-state index < -0.39 is 5.82 Å². The number of nitriles is 1. The number of benzene rings is 1. The van der Waals surface area contributed by atoms with Crippen LogP contribution in [0, 0.1) is 17.1 Å². The molecule has 6 nitrogen and oxygen atoms in total. The number of pyridine rings is 1. The molecule has 134 valence electrons. The van der Waals surface area contributed by atoms with Crippen molar-refractivity contribution in [3.63, 3.8) is 0 Å². The van der Waals surface area contributed by atoms with Crippen LogP contribution in [0.15, 0.2) is 48.8 Å². The van der Waals surface area contributed by atoms with Crippen molar-refractivity contribution in [3.05, 3.63) is 71.6 Å². The summed E-state index contributed by atoms with van der Waals surface area (Å²) in [6, 6.07) is 11.7. The Morgan fingerprint density at radius 3 is 2.67 bits per heavy atom. The zero-order valence-corrected chi connectivity index (χ0v) is 14.3. The van der Waals surface area contributed by atoms with Gasteiger partial charge in [-0.05, 0) is 42.5 Å². The fraction of sp³-hybridized carbons (Fsp3) is 0.200. The van der Waals surface area contributed by atoms with Gasteiger partial charge in [-0.15, -0.1) is 0 Å². The van der Waals surface area contributed by atoms with Crippen LogP contribution in [0.2, 0.25) is 0 Å². The van der Waals surface area contributed by atoms with E-state index in [0.717, 1.165) is 24.1 Å². The number of halogens is 1. The van der Waals surface area contributed by atoms with Crippen LogP contribution in [0.1, 0.15) is 41.6 Å². The van der Waals surface area contributed by atoms with Crippen molar-refractivity contribution in [2.45, 2.75) is 24.7 Å². The predicted octanol–water partition coefficient (Wildman–Crippen LogP) is 3.92. The van der Waals surface area contributed by atoms with Crippen molar-refractivity contribution in [3.8, 4) is 17.7 Å². The maximum Gasteiger partial charge on any atom is 0.220 e. The Labute approximate surface area is 155 Å². The number of anilines is 1. The Morgan fingerprint density at radius 2 is 1.96 bits per heavy atom. The van der Waals surface area contributed by atoms with Gasteiger partial charge in [-0.25, -0.2) is 14.4 Å². The monoisotopic (exact) mass is 361 g/mol. The molecule has 1 aliphatic carbocycles. The zero-order valence-electron chi connectivity index (χ0n) is 14.3. The summed E-state index contributed by atoms with van der Waals surface area (Å²) in [5.74, 6) is 0.820. The Hall–Kier alpha value is -3.53. The van der Waals surface area contributed by atoms with Crippen LogP contribution in [0.25, 0.3) is 0 Å². The number of hydrogen-bond acceptors (Lipinski definition) is 6. The third-order valence-electron chi connectivity index (χ3n) is 4.73. The smallest absolute Gasteiger partial charge is 0.220 e. The molecule has 0 bridgehead atoms. The van der Waals surface area contributed by atoms with Gasteiger partial charge >= 0.3 is 0 Å². The van der Waals surface area contributed by atoms with Crippen molar-refractivity contribution in [1.82, 2.24) is 15.0 Å². The topological polar surface area (TPSA) is 97.7 Å². The lowest BCUT2D eigenvalue weighted by molar-refractivity contribution is 0.342. The standard InChI is InChI=1S/C20H16FN5O/c21-16-8-12(13-6-14(7-13)17-10-25-19(23)11-24-17)4-5-18(16)27-20-3-1-2-15(9-22)26-20/h1-5,8,10-11,13-14H,6-7H2,(H2,23,25). The van der Waals surface area contributed by atoms with E-state index in [4.69, 9.17) is 15.7 Å². The number of nitrogen functional groups attached to an aromatic ring is 1. The fourth-order valence-corrected chi connectivity index (χ4v) is 3.19. The third kappa shape index (κ3) is 3.55. The molecule has 1 saturated carbocycles. The number of rotatable bonds is 4. The summed E-state index contributed by atoms with van der Waals surface area (Å²) in [6.07, 6.45) is 5.05. The van der Waals surface area contributed by atoms with Gasteiger partial charge in [0.25, 0.3) is 0 Å². The number of nitrogens with zero attached hydrogens (tertiary/aromatic N) is 4. The maximum absolute atomic E-state index is 14.4.